The van der Waals surface area contributed by atoms with Crippen molar-refractivity contribution in [3.05, 3.63) is 36.0 Å². The fraction of sp³-hybridized carbons (Fsp3) is 0.333. The molecule has 0 bridgehead atoms. The minimum absolute atomic E-state index is 0.221. The third-order valence-electron chi connectivity index (χ3n) is 2.40. The number of nitrogens with two attached hydrogens (primary N) is 1. The molecule has 3 nitrogen and oxygen atoms in total. The van der Waals surface area contributed by atoms with Gasteiger partial charge in [0, 0.05) is 11.4 Å². The van der Waals surface area contributed by atoms with Crippen LogP contribution in [0.15, 0.2) is 30.3 Å². The molecule has 15 heavy (non-hydrogen) atoms. The minimum atomic E-state index is 0.221. The van der Waals surface area contributed by atoms with E-state index in [4.69, 9.17) is 5.73 Å². The molecule has 0 fully saturated rings. The van der Waals surface area contributed by atoms with Crippen LogP contribution in [0, 0.1) is 0 Å². The van der Waals surface area contributed by atoms with E-state index in [-0.39, 0.29) is 6.04 Å². The molecule has 0 aliphatic carbocycles. The molecule has 2 rings (SSSR count). The Kier molecular flexibility index (Phi) is 2.92. The second-order valence-electron chi connectivity index (χ2n) is 3.91. The fourth-order valence-corrected chi connectivity index (χ4v) is 1.52. The molecule has 0 radical (unpaired) electrons. The van der Waals surface area contributed by atoms with Gasteiger partial charge in [-0.3, -0.25) is 0 Å². The van der Waals surface area contributed by atoms with Crippen LogP contribution in [0.2, 0.25) is 0 Å². The van der Waals surface area contributed by atoms with Crippen LogP contribution in [0.3, 0.4) is 0 Å². The average molecular weight is 201 g/mol. The summed E-state index contributed by atoms with van der Waals surface area (Å²) in [6.07, 6.45) is 1.85. The first-order chi connectivity index (χ1) is 7.25. The summed E-state index contributed by atoms with van der Waals surface area (Å²) < 4.78 is 0. The lowest BCUT2D eigenvalue weighted by Crippen LogP contribution is -2.15. The van der Waals surface area contributed by atoms with E-state index in [2.05, 4.69) is 22.3 Å². The van der Waals surface area contributed by atoms with Crippen molar-refractivity contribution in [1.29, 1.82) is 0 Å². The van der Waals surface area contributed by atoms with E-state index in [9.17, 15) is 0 Å². The van der Waals surface area contributed by atoms with Crippen molar-refractivity contribution in [2.75, 3.05) is 0 Å². The molecule has 0 saturated carbocycles. The zero-order valence-electron chi connectivity index (χ0n) is 8.85. The molecule has 0 spiro atoms. The van der Waals surface area contributed by atoms with Crippen molar-refractivity contribution in [2.45, 2.75) is 25.8 Å². The lowest BCUT2D eigenvalue weighted by molar-refractivity contribution is 0.654. The topological polar surface area (TPSA) is 51.8 Å². The maximum atomic E-state index is 5.70. The zero-order valence-corrected chi connectivity index (χ0v) is 8.85. The van der Waals surface area contributed by atoms with Gasteiger partial charge in [-0.25, -0.2) is 0 Å². The van der Waals surface area contributed by atoms with Crippen LogP contribution in [0.4, 0.5) is 0 Å². The molecule has 1 aromatic heterocycles. The number of rotatable bonds is 3. The van der Waals surface area contributed by atoms with Gasteiger partial charge in [-0.2, -0.15) is 10.2 Å². The highest BCUT2D eigenvalue weighted by Crippen LogP contribution is 2.11. The second-order valence-corrected chi connectivity index (χ2v) is 3.91. The van der Waals surface area contributed by atoms with Gasteiger partial charge in [0.25, 0.3) is 0 Å². The summed E-state index contributed by atoms with van der Waals surface area (Å²) >= 11 is 0. The van der Waals surface area contributed by atoms with E-state index >= 15 is 0 Å². The van der Waals surface area contributed by atoms with Gasteiger partial charge in [0.15, 0.2) is 0 Å². The monoisotopic (exact) mass is 201 g/mol. The molecular formula is C12H15N3. The van der Waals surface area contributed by atoms with Gasteiger partial charge in [0.1, 0.15) is 0 Å². The molecule has 2 N–H and O–H groups in total. The Morgan fingerprint density at radius 3 is 2.87 bits per heavy atom. The van der Waals surface area contributed by atoms with Gasteiger partial charge >= 0.3 is 0 Å². The fourth-order valence-electron chi connectivity index (χ4n) is 1.52. The number of hydrogen-bond acceptors (Lipinski definition) is 3. The molecule has 0 saturated heterocycles. The Morgan fingerprint density at radius 1 is 1.27 bits per heavy atom. The maximum Gasteiger partial charge on any atom is 0.0929 e. The number of fused-ring (bicyclic) bond motifs is 1. The summed E-state index contributed by atoms with van der Waals surface area (Å²) in [5.74, 6) is 0. The normalized spacial score (nSPS) is 12.9. The van der Waals surface area contributed by atoms with E-state index < -0.39 is 0 Å². The predicted molar refractivity (Wildman–Crippen MR) is 61.5 cm³/mol. The van der Waals surface area contributed by atoms with Gasteiger partial charge in [-0.15, -0.1) is 0 Å². The van der Waals surface area contributed by atoms with Crippen molar-refractivity contribution in [1.82, 2.24) is 10.2 Å². The molecule has 0 amide bonds. The van der Waals surface area contributed by atoms with Crippen LogP contribution in [0.1, 0.15) is 19.0 Å². The van der Waals surface area contributed by atoms with Crippen molar-refractivity contribution < 1.29 is 0 Å². The number of aryl methyl sites for hydroxylation is 1. The lowest BCUT2D eigenvalue weighted by Gasteiger charge is -2.04. The standard InChI is InChI=1S/C12H15N3/c1-9(13)6-7-11-8-10-4-2-3-5-12(10)15-14-11/h2-5,8-9H,6-7,13H2,1H3. The number of aromatic nitrogens is 2. The number of nitrogens with zero attached hydrogens (tertiary/aromatic N) is 2. The first-order valence-corrected chi connectivity index (χ1v) is 5.22. The SMILES string of the molecule is CC(N)CCc1cc2ccccc2nn1. The molecular weight excluding hydrogens is 186 g/mol. The van der Waals surface area contributed by atoms with Crippen LogP contribution < -0.4 is 5.73 Å². The maximum absolute atomic E-state index is 5.70. The van der Waals surface area contributed by atoms with E-state index in [1.54, 1.807) is 0 Å². The Labute approximate surface area is 89.3 Å². The van der Waals surface area contributed by atoms with Crippen molar-refractivity contribution in [3.63, 3.8) is 0 Å². The average Bonchev–Trinajstić information content (AvgIpc) is 2.26. The highest BCUT2D eigenvalue weighted by molar-refractivity contribution is 5.77. The van der Waals surface area contributed by atoms with E-state index in [1.165, 1.54) is 0 Å². The minimum Gasteiger partial charge on any atom is -0.328 e. The van der Waals surface area contributed by atoms with Gasteiger partial charge in [0.05, 0.1) is 11.2 Å². The molecule has 0 aliphatic heterocycles. The summed E-state index contributed by atoms with van der Waals surface area (Å²) in [4.78, 5) is 0. The Hall–Kier alpha value is -1.48. The largest absolute Gasteiger partial charge is 0.328 e. The van der Waals surface area contributed by atoms with Crippen LogP contribution in [0.25, 0.3) is 10.9 Å². The van der Waals surface area contributed by atoms with Crippen molar-refractivity contribution in [2.24, 2.45) is 5.73 Å². The number of benzene rings is 1. The number of hydrogen-bond donors (Lipinski definition) is 1. The third kappa shape index (κ3) is 2.50. The predicted octanol–water partition coefficient (Wildman–Crippen LogP) is 1.91. The summed E-state index contributed by atoms with van der Waals surface area (Å²) in [5.41, 5.74) is 7.67. The highest BCUT2D eigenvalue weighted by atomic mass is 15.1. The smallest absolute Gasteiger partial charge is 0.0929 e. The van der Waals surface area contributed by atoms with E-state index in [1.807, 2.05) is 25.1 Å². The summed E-state index contributed by atoms with van der Waals surface area (Å²) in [5, 5.41) is 9.49. The molecule has 0 aliphatic rings. The molecule has 1 heterocycles. The Bertz CT molecular complexity index is 451. The van der Waals surface area contributed by atoms with Crippen LogP contribution in [-0.4, -0.2) is 16.2 Å². The van der Waals surface area contributed by atoms with Gasteiger partial charge in [-0.05, 0) is 31.9 Å². The van der Waals surface area contributed by atoms with Crippen molar-refractivity contribution >= 4 is 10.9 Å². The van der Waals surface area contributed by atoms with Crippen LogP contribution in [0.5, 0.6) is 0 Å². The first kappa shape index (κ1) is 10.1. The van der Waals surface area contributed by atoms with Crippen LogP contribution >= 0.6 is 0 Å². The quantitative estimate of drug-likeness (QED) is 0.825. The second kappa shape index (κ2) is 4.36. The van der Waals surface area contributed by atoms with Gasteiger partial charge < -0.3 is 5.73 Å². The lowest BCUT2D eigenvalue weighted by atomic mass is 10.1. The summed E-state index contributed by atoms with van der Waals surface area (Å²) in [7, 11) is 0. The van der Waals surface area contributed by atoms with Gasteiger partial charge in [0.2, 0.25) is 0 Å². The molecule has 1 unspecified atom stereocenters. The first-order valence-electron chi connectivity index (χ1n) is 5.22. The Morgan fingerprint density at radius 2 is 2.07 bits per heavy atom. The summed E-state index contributed by atoms with van der Waals surface area (Å²) in [6, 6.07) is 10.3. The third-order valence-corrected chi connectivity index (χ3v) is 2.40. The molecule has 1 atom stereocenters. The van der Waals surface area contributed by atoms with Crippen LogP contribution in [-0.2, 0) is 6.42 Å². The molecule has 78 valence electrons. The zero-order chi connectivity index (χ0) is 10.7. The van der Waals surface area contributed by atoms with Crippen molar-refractivity contribution in [3.8, 4) is 0 Å². The summed E-state index contributed by atoms with van der Waals surface area (Å²) in [6.45, 7) is 2.01. The van der Waals surface area contributed by atoms with E-state index in [0.29, 0.717) is 0 Å². The Balaban J connectivity index is 2.23. The van der Waals surface area contributed by atoms with Gasteiger partial charge in [-0.1, -0.05) is 18.2 Å². The molecule has 1 aromatic carbocycles. The molecule has 3 heteroatoms. The highest BCUT2D eigenvalue weighted by Gasteiger charge is 2.00. The van der Waals surface area contributed by atoms with E-state index in [0.717, 1.165) is 29.4 Å². The molecule has 2 aromatic rings.